The van der Waals surface area contributed by atoms with Gasteiger partial charge in [0, 0.05) is 30.1 Å². The van der Waals surface area contributed by atoms with Gasteiger partial charge in [0.1, 0.15) is 0 Å². The molecule has 20 heavy (non-hydrogen) atoms. The van der Waals surface area contributed by atoms with Crippen LogP contribution in [-0.2, 0) is 6.54 Å². The third-order valence-electron chi connectivity index (χ3n) is 3.60. The van der Waals surface area contributed by atoms with E-state index in [0.29, 0.717) is 0 Å². The normalized spacial score (nSPS) is 15.7. The maximum absolute atomic E-state index is 4.82. The second-order valence-corrected chi connectivity index (χ2v) is 8.06. The molecule has 1 heterocycles. The second kappa shape index (κ2) is 6.44. The van der Waals surface area contributed by atoms with Gasteiger partial charge in [0.25, 0.3) is 0 Å². The van der Waals surface area contributed by atoms with Crippen molar-refractivity contribution in [3.63, 3.8) is 0 Å². The lowest BCUT2D eigenvalue weighted by Gasteiger charge is -2.21. The van der Waals surface area contributed by atoms with E-state index in [1.165, 1.54) is 41.5 Å². The van der Waals surface area contributed by atoms with Crippen LogP contribution in [0.2, 0.25) is 0 Å². The van der Waals surface area contributed by atoms with Gasteiger partial charge in [-0.1, -0.05) is 6.92 Å². The zero-order valence-electron chi connectivity index (χ0n) is 13.6. The average Bonchev–Trinajstić information content (AvgIpc) is 3.08. The minimum Gasteiger partial charge on any atom is -0.348 e. The first-order valence-corrected chi connectivity index (χ1v) is 8.67. The van der Waals surface area contributed by atoms with Gasteiger partial charge in [-0.15, -0.1) is 11.3 Å². The van der Waals surface area contributed by atoms with Crippen LogP contribution in [0, 0.1) is 12.8 Å². The van der Waals surface area contributed by atoms with Crippen LogP contribution in [0.15, 0.2) is 0 Å². The summed E-state index contributed by atoms with van der Waals surface area (Å²) in [6, 6.07) is 0. The van der Waals surface area contributed by atoms with Gasteiger partial charge in [-0.25, -0.2) is 4.98 Å². The van der Waals surface area contributed by atoms with E-state index in [9.17, 15) is 0 Å². The fourth-order valence-electron chi connectivity index (χ4n) is 2.20. The van der Waals surface area contributed by atoms with E-state index >= 15 is 0 Å². The van der Waals surface area contributed by atoms with Gasteiger partial charge in [0.05, 0.1) is 5.69 Å². The van der Waals surface area contributed by atoms with E-state index < -0.39 is 0 Å². The molecule has 3 nitrogen and oxygen atoms in total. The molecule has 0 aliphatic heterocycles. The molecule has 0 saturated heterocycles. The highest BCUT2D eigenvalue weighted by Crippen LogP contribution is 2.33. The Labute approximate surface area is 127 Å². The van der Waals surface area contributed by atoms with E-state index in [1.807, 2.05) is 11.3 Å². The number of nitrogens with one attached hydrogen (secondary N) is 1. The lowest BCUT2D eigenvalue weighted by Crippen LogP contribution is -2.34. The van der Waals surface area contributed by atoms with Gasteiger partial charge in [-0.2, -0.15) is 0 Å². The lowest BCUT2D eigenvalue weighted by atomic mass is 10.1. The highest BCUT2D eigenvalue weighted by atomic mass is 32.1. The van der Waals surface area contributed by atoms with Gasteiger partial charge < -0.3 is 10.2 Å². The van der Waals surface area contributed by atoms with Crippen molar-refractivity contribution in [3.05, 3.63) is 10.6 Å². The Kier molecular flexibility index (Phi) is 5.08. The van der Waals surface area contributed by atoms with Gasteiger partial charge in [0.2, 0.25) is 0 Å². The van der Waals surface area contributed by atoms with Crippen molar-refractivity contribution in [1.82, 2.24) is 10.3 Å². The Balaban J connectivity index is 2.03. The summed E-state index contributed by atoms with van der Waals surface area (Å²) in [5.41, 5.74) is 1.35. The van der Waals surface area contributed by atoms with Crippen molar-refractivity contribution in [2.24, 2.45) is 5.92 Å². The van der Waals surface area contributed by atoms with Gasteiger partial charge in [-0.05, 0) is 52.9 Å². The van der Waals surface area contributed by atoms with E-state index in [4.69, 9.17) is 4.98 Å². The van der Waals surface area contributed by atoms with E-state index in [1.54, 1.807) is 0 Å². The first-order valence-electron chi connectivity index (χ1n) is 7.85. The van der Waals surface area contributed by atoms with Crippen molar-refractivity contribution < 1.29 is 0 Å². The van der Waals surface area contributed by atoms with Crippen LogP contribution in [0.1, 0.15) is 57.5 Å². The summed E-state index contributed by atoms with van der Waals surface area (Å²) in [4.78, 5) is 8.69. The summed E-state index contributed by atoms with van der Waals surface area (Å²) in [5, 5.41) is 4.79. The number of aryl methyl sites for hydroxylation is 1. The number of thiazole rings is 1. The van der Waals surface area contributed by atoms with Crippen molar-refractivity contribution in [2.75, 3.05) is 18.0 Å². The molecule has 0 atom stereocenters. The summed E-state index contributed by atoms with van der Waals surface area (Å²) < 4.78 is 0. The molecule has 0 amide bonds. The molecule has 4 heteroatoms. The molecule has 1 fully saturated rings. The molecule has 1 aliphatic rings. The molecule has 0 unspecified atom stereocenters. The summed E-state index contributed by atoms with van der Waals surface area (Å²) >= 11 is 1.87. The predicted octanol–water partition coefficient (Wildman–Crippen LogP) is 3.97. The van der Waals surface area contributed by atoms with Gasteiger partial charge >= 0.3 is 0 Å². The topological polar surface area (TPSA) is 28.2 Å². The van der Waals surface area contributed by atoms with Crippen LogP contribution >= 0.6 is 11.3 Å². The van der Waals surface area contributed by atoms with Gasteiger partial charge in [-0.3, -0.25) is 0 Å². The minimum atomic E-state index is 0.160. The van der Waals surface area contributed by atoms with Crippen molar-refractivity contribution >= 4 is 16.5 Å². The molecule has 0 radical (unpaired) electrons. The van der Waals surface area contributed by atoms with E-state index in [-0.39, 0.29) is 5.54 Å². The third-order valence-corrected chi connectivity index (χ3v) is 4.82. The highest BCUT2D eigenvalue weighted by Gasteiger charge is 2.25. The van der Waals surface area contributed by atoms with E-state index in [0.717, 1.165) is 19.0 Å². The SMILES string of the molecule is CCCN(CC1CC1)c1nc(C)c(CNC(C)(C)C)s1. The molecule has 114 valence electrons. The summed E-state index contributed by atoms with van der Waals surface area (Å²) in [7, 11) is 0. The molecular weight excluding hydrogens is 266 g/mol. The molecule has 2 rings (SSSR count). The number of hydrogen-bond acceptors (Lipinski definition) is 4. The molecule has 0 spiro atoms. The lowest BCUT2D eigenvalue weighted by molar-refractivity contribution is 0.425. The molecular formula is C16H29N3S. The Morgan fingerprint density at radius 3 is 2.60 bits per heavy atom. The average molecular weight is 295 g/mol. The van der Waals surface area contributed by atoms with E-state index in [2.05, 4.69) is 44.8 Å². The van der Waals surface area contributed by atoms with Crippen LogP contribution in [0.4, 0.5) is 5.13 Å². The Hall–Kier alpha value is -0.610. The number of anilines is 1. The van der Waals surface area contributed by atoms with Crippen molar-refractivity contribution in [3.8, 4) is 0 Å². The zero-order chi connectivity index (χ0) is 14.8. The predicted molar refractivity (Wildman–Crippen MR) is 88.7 cm³/mol. The molecule has 0 aromatic carbocycles. The third kappa shape index (κ3) is 4.74. The van der Waals surface area contributed by atoms with Crippen LogP contribution in [0.5, 0.6) is 0 Å². The largest absolute Gasteiger partial charge is 0.348 e. The maximum atomic E-state index is 4.82. The van der Waals surface area contributed by atoms with Crippen molar-refractivity contribution in [1.29, 1.82) is 0 Å². The van der Waals surface area contributed by atoms with Crippen LogP contribution in [0.3, 0.4) is 0 Å². The number of nitrogens with zero attached hydrogens (tertiary/aromatic N) is 2. The zero-order valence-corrected chi connectivity index (χ0v) is 14.4. The van der Waals surface area contributed by atoms with Crippen LogP contribution < -0.4 is 10.2 Å². The summed E-state index contributed by atoms with van der Waals surface area (Å²) in [6.45, 7) is 14.3. The Morgan fingerprint density at radius 2 is 2.05 bits per heavy atom. The van der Waals surface area contributed by atoms with Crippen LogP contribution in [-0.4, -0.2) is 23.6 Å². The first-order chi connectivity index (χ1) is 9.39. The summed E-state index contributed by atoms with van der Waals surface area (Å²) in [5.74, 6) is 0.918. The molecule has 1 aliphatic carbocycles. The summed E-state index contributed by atoms with van der Waals surface area (Å²) in [6.07, 6.45) is 4.01. The van der Waals surface area contributed by atoms with Crippen molar-refractivity contribution in [2.45, 2.75) is 66.0 Å². The highest BCUT2D eigenvalue weighted by molar-refractivity contribution is 7.15. The molecule has 1 aromatic heterocycles. The number of rotatable bonds is 7. The second-order valence-electron chi connectivity index (χ2n) is 7.00. The molecule has 1 N–H and O–H groups in total. The fraction of sp³-hybridized carbons (Fsp3) is 0.812. The Morgan fingerprint density at radius 1 is 1.35 bits per heavy atom. The maximum Gasteiger partial charge on any atom is 0.185 e. The van der Waals surface area contributed by atoms with Crippen LogP contribution in [0.25, 0.3) is 0 Å². The minimum absolute atomic E-state index is 0.160. The number of hydrogen-bond donors (Lipinski definition) is 1. The number of aromatic nitrogens is 1. The first kappa shape index (κ1) is 15.8. The Bertz CT molecular complexity index is 429. The van der Waals surface area contributed by atoms with Gasteiger partial charge in [0.15, 0.2) is 5.13 Å². The standard InChI is InChI=1S/C16H29N3S/c1-6-9-19(11-13-7-8-13)15-18-12(2)14(20-15)10-17-16(3,4)5/h13,17H,6-11H2,1-5H3. The molecule has 0 bridgehead atoms. The monoisotopic (exact) mass is 295 g/mol. The molecule has 1 saturated carbocycles. The molecule has 1 aromatic rings. The quantitative estimate of drug-likeness (QED) is 0.825. The fourth-order valence-corrected chi connectivity index (χ4v) is 3.24. The smallest absolute Gasteiger partial charge is 0.185 e.